The molecule has 0 saturated carbocycles. The van der Waals surface area contributed by atoms with Crippen molar-refractivity contribution >= 4 is 5.82 Å². The number of aryl methyl sites for hydroxylation is 1. The second-order valence-electron chi connectivity index (χ2n) is 3.67. The number of nitrogens with zero attached hydrogens (tertiary/aromatic N) is 4. The third-order valence-corrected chi connectivity index (χ3v) is 2.37. The minimum Gasteiger partial charge on any atom is -0.358 e. The lowest BCUT2D eigenvalue weighted by molar-refractivity contribution is -0.389. The SMILES string of the molecule is Cc1nc(C(F)(F)F)cn1-c1ccc([N+](=O)[O-])nc1. The summed E-state index contributed by atoms with van der Waals surface area (Å²) < 4.78 is 38.6. The van der Waals surface area contributed by atoms with Crippen LogP contribution in [0, 0.1) is 17.0 Å². The molecule has 0 atom stereocenters. The largest absolute Gasteiger partial charge is 0.434 e. The van der Waals surface area contributed by atoms with Gasteiger partial charge in [0.25, 0.3) is 0 Å². The summed E-state index contributed by atoms with van der Waals surface area (Å²) in [5.41, 5.74) is -0.755. The highest BCUT2D eigenvalue weighted by Gasteiger charge is 2.34. The molecule has 0 bridgehead atoms. The molecule has 0 radical (unpaired) electrons. The molecular formula is C10H7F3N4O2. The summed E-state index contributed by atoms with van der Waals surface area (Å²) in [7, 11) is 0. The van der Waals surface area contributed by atoms with Gasteiger partial charge in [-0.15, -0.1) is 0 Å². The molecule has 2 rings (SSSR count). The molecular weight excluding hydrogens is 265 g/mol. The zero-order chi connectivity index (χ0) is 14.2. The van der Waals surface area contributed by atoms with E-state index in [4.69, 9.17) is 0 Å². The third-order valence-electron chi connectivity index (χ3n) is 2.37. The summed E-state index contributed by atoms with van der Waals surface area (Å²) in [4.78, 5) is 16.7. The first-order chi connectivity index (χ1) is 8.79. The van der Waals surface area contributed by atoms with Gasteiger partial charge in [-0.05, 0) is 22.9 Å². The van der Waals surface area contributed by atoms with E-state index in [0.717, 1.165) is 18.5 Å². The molecule has 9 heteroatoms. The number of hydrogen-bond acceptors (Lipinski definition) is 4. The molecule has 2 aromatic heterocycles. The van der Waals surface area contributed by atoms with Crippen LogP contribution >= 0.6 is 0 Å². The van der Waals surface area contributed by atoms with Crippen LogP contribution in [0.2, 0.25) is 0 Å². The van der Waals surface area contributed by atoms with E-state index in [9.17, 15) is 23.3 Å². The maximum Gasteiger partial charge on any atom is 0.434 e. The van der Waals surface area contributed by atoms with Gasteiger partial charge < -0.3 is 10.1 Å². The summed E-state index contributed by atoms with van der Waals surface area (Å²) in [5.74, 6) is -0.263. The van der Waals surface area contributed by atoms with E-state index in [2.05, 4.69) is 9.97 Å². The first-order valence-corrected chi connectivity index (χ1v) is 5.03. The number of pyridine rings is 1. The highest BCUT2D eigenvalue weighted by molar-refractivity contribution is 5.35. The Morgan fingerprint density at radius 1 is 1.37 bits per heavy atom. The lowest BCUT2D eigenvalue weighted by atomic mass is 10.4. The summed E-state index contributed by atoms with van der Waals surface area (Å²) in [5, 5.41) is 10.4. The summed E-state index contributed by atoms with van der Waals surface area (Å²) in [6.45, 7) is 1.40. The van der Waals surface area contributed by atoms with E-state index in [1.54, 1.807) is 0 Å². The standard InChI is InChI=1S/C10H7F3N4O2/c1-6-15-8(10(11,12)13)5-16(6)7-2-3-9(14-4-7)17(18)19/h2-5H,1H3. The van der Waals surface area contributed by atoms with Crippen LogP contribution in [0.1, 0.15) is 11.5 Å². The van der Waals surface area contributed by atoms with Gasteiger partial charge in [0.2, 0.25) is 0 Å². The molecule has 2 aromatic rings. The molecule has 19 heavy (non-hydrogen) atoms. The molecule has 0 aliphatic rings. The van der Waals surface area contributed by atoms with Gasteiger partial charge in [-0.1, -0.05) is 0 Å². The summed E-state index contributed by atoms with van der Waals surface area (Å²) in [6, 6.07) is 2.42. The van der Waals surface area contributed by atoms with Gasteiger partial charge in [0.15, 0.2) is 11.9 Å². The zero-order valence-corrected chi connectivity index (χ0v) is 9.55. The molecule has 0 fully saturated rings. The smallest absolute Gasteiger partial charge is 0.358 e. The predicted octanol–water partition coefficient (Wildman–Crippen LogP) is 2.50. The molecule has 0 amide bonds. The van der Waals surface area contributed by atoms with Gasteiger partial charge in [-0.2, -0.15) is 13.2 Å². The van der Waals surface area contributed by atoms with E-state index < -0.39 is 16.8 Å². The molecule has 6 nitrogen and oxygen atoms in total. The van der Waals surface area contributed by atoms with Crippen LogP contribution in [-0.2, 0) is 6.18 Å². The fourth-order valence-corrected chi connectivity index (χ4v) is 1.50. The number of hydrogen-bond donors (Lipinski definition) is 0. The van der Waals surface area contributed by atoms with E-state index in [1.807, 2.05) is 0 Å². The van der Waals surface area contributed by atoms with Crippen molar-refractivity contribution in [3.63, 3.8) is 0 Å². The first-order valence-electron chi connectivity index (χ1n) is 5.03. The Morgan fingerprint density at radius 2 is 2.05 bits per heavy atom. The number of imidazole rings is 1. The van der Waals surface area contributed by atoms with Crippen LogP contribution in [-0.4, -0.2) is 19.5 Å². The van der Waals surface area contributed by atoms with Crippen LogP contribution in [0.3, 0.4) is 0 Å². The number of nitro groups is 1. The maximum absolute atomic E-state index is 12.5. The van der Waals surface area contributed by atoms with Crippen LogP contribution in [0.5, 0.6) is 0 Å². The second kappa shape index (κ2) is 4.34. The van der Waals surface area contributed by atoms with Gasteiger partial charge in [-0.25, -0.2) is 4.98 Å². The fourth-order valence-electron chi connectivity index (χ4n) is 1.50. The molecule has 0 spiro atoms. The number of halogens is 3. The highest BCUT2D eigenvalue weighted by atomic mass is 19.4. The minimum absolute atomic E-state index is 0.114. The molecule has 100 valence electrons. The maximum atomic E-state index is 12.5. The Kier molecular flexibility index (Phi) is 2.97. The van der Waals surface area contributed by atoms with Crippen molar-refractivity contribution in [1.82, 2.24) is 14.5 Å². The van der Waals surface area contributed by atoms with E-state index >= 15 is 0 Å². The van der Waals surface area contributed by atoms with Crippen molar-refractivity contribution < 1.29 is 18.1 Å². The van der Waals surface area contributed by atoms with Crippen molar-refractivity contribution in [2.24, 2.45) is 0 Å². The Labute approximate surface area is 104 Å². The summed E-state index contributed by atoms with van der Waals surface area (Å²) in [6.07, 6.45) is -2.60. The average molecular weight is 272 g/mol. The quantitative estimate of drug-likeness (QED) is 0.621. The zero-order valence-electron chi connectivity index (χ0n) is 9.55. The van der Waals surface area contributed by atoms with Crippen molar-refractivity contribution in [2.45, 2.75) is 13.1 Å². The fraction of sp³-hybridized carbons (Fsp3) is 0.200. The van der Waals surface area contributed by atoms with Gasteiger partial charge in [0.05, 0.1) is 5.69 Å². The lowest BCUT2D eigenvalue weighted by Crippen LogP contribution is -2.05. The van der Waals surface area contributed by atoms with Crippen molar-refractivity contribution in [3.8, 4) is 5.69 Å². The van der Waals surface area contributed by atoms with E-state index in [1.165, 1.54) is 17.6 Å². The van der Waals surface area contributed by atoms with Gasteiger partial charge in [0, 0.05) is 12.3 Å². The van der Waals surface area contributed by atoms with Crippen LogP contribution in [0.25, 0.3) is 5.69 Å². The Balaban J connectivity index is 2.42. The Hall–Kier alpha value is -2.45. The van der Waals surface area contributed by atoms with Gasteiger partial charge in [0.1, 0.15) is 5.82 Å². The Bertz CT molecular complexity index is 619. The topological polar surface area (TPSA) is 73.8 Å². The number of aromatic nitrogens is 3. The lowest BCUT2D eigenvalue weighted by Gasteiger charge is -2.02. The van der Waals surface area contributed by atoms with Crippen LogP contribution in [0.15, 0.2) is 24.5 Å². The molecule has 0 aliphatic carbocycles. The number of alkyl halides is 3. The molecule has 0 aliphatic heterocycles. The van der Waals surface area contributed by atoms with Crippen molar-refractivity contribution in [2.75, 3.05) is 0 Å². The predicted molar refractivity (Wildman–Crippen MR) is 57.8 cm³/mol. The van der Waals surface area contributed by atoms with E-state index in [-0.39, 0.29) is 17.3 Å². The van der Waals surface area contributed by atoms with Gasteiger partial charge >= 0.3 is 12.0 Å². The van der Waals surface area contributed by atoms with Crippen molar-refractivity contribution in [1.29, 1.82) is 0 Å². The van der Waals surface area contributed by atoms with Crippen molar-refractivity contribution in [3.05, 3.63) is 46.2 Å². The normalized spacial score (nSPS) is 11.6. The van der Waals surface area contributed by atoms with Crippen LogP contribution in [0.4, 0.5) is 19.0 Å². The molecule has 0 aromatic carbocycles. The second-order valence-corrected chi connectivity index (χ2v) is 3.67. The highest BCUT2D eigenvalue weighted by Crippen LogP contribution is 2.29. The molecule has 0 N–H and O–H groups in total. The first kappa shape index (κ1) is 13.0. The monoisotopic (exact) mass is 272 g/mol. The average Bonchev–Trinajstić information content (AvgIpc) is 2.71. The number of rotatable bonds is 2. The third kappa shape index (κ3) is 2.54. The summed E-state index contributed by atoms with van der Waals surface area (Å²) >= 11 is 0. The minimum atomic E-state index is -4.54. The van der Waals surface area contributed by atoms with Crippen LogP contribution < -0.4 is 0 Å². The molecule has 0 saturated heterocycles. The Morgan fingerprint density at radius 3 is 2.47 bits per heavy atom. The molecule has 2 heterocycles. The molecule has 0 unspecified atom stereocenters. The van der Waals surface area contributed by atoms with Gasteiger partial charge in [-0.3, -0.25) is 4.57 Å². The van der Waals surface area contributed by atoms with E-state index in [0.29, 0.717) is 0 Å².